The van der Waals surface area contributed by atoms with Crippen LogP contribution in [0.15, 0.2) is 48.5 Å². The monoisotopic (exact) mass is 485 g/mol. The number of halogens is 1. The molecular formula is C28H40BrNO. The Morgan fingerprint density at radius 2 is 1.52 bits per heavy atom. The van der Waals surface area contributed by atoms with Gasteiger partial charge in [0, 0.05) is 5.69 Å². The van der Waals surface area contributed by atoms with Gasteiger partial charge in [-0.2, -0.15) is 0 Å². The maximum Gasteiger partial charge on any atom is 0.238 e. The SMILES string of the molecule is CCCCCCCCC(Br)C(=O)Nc1ccccc1CCc1ccc(CC(C)C)cc1. The predicted molar refractivity (Wildman–Crippen MR) is 138 cm³/mol. The first-order valence-corrected chi connectivity index (χ1v) is 13.0. The van der Waals surface area contributed by atoms with Crippen LogP contribution in [0.3, 0.4) is 0 Å². The molecule has 1 amide bonds. The molecule has 170 valence electrons. The van der Waals surface area contributed by atoms with E-state index in [4.69, 9.17) is 0 Å². The highest BCUT2D eigenvalue weighted by atomic mass is 79.9. The van der Waals surface area contributed by atoms with E-state index in [1.54, 1.807) is 0 Å². The molecular weight excluding hydrogens is 446 g/mol. The van der Waals surface area contributed by atoms with Crippen molar-refractivity contribution in [1.29, 1.82) is 0 Å². The largest absolute Gasteiger partial charge is 0.325 e. The molecule has 0 fully saturated rings. The summed E-state index contributed by atoms with van der Waals surface area (Å²) in [6.07, 6.45) is 11.4. The van der Waals surface area contributed by atoms with Crippen LogP contribution in [0.2, 0.25) is 0 Å². The van der Waals surface area contributed by atoms with E-state index < -0.39 is 0 Å². The molecule has 1 atom stereocenters. The molecule has 3 heteroatoms. The van der Waals surface area contributed by atoms with Gasteiger partial charge in [0.1, 0.15) is 0 Å². The fourth-order valence-corrected chi connectivity index (χ4v) is 4.34. The smallest absolute Gasteiger partial charge is 0.238 e. The van der Waals surface area contributed by atoms with Gasteiger partial charge >= 0.3 is 0 Å². The summed E-state index contributed by atoms with van der Waals surface area (Å²) in [6.45, 7) is 6.74. The summed E-state index contributed by atoms with van der Waals surface area (Å²) < 4.78 is 0. The van der Waals surface area contributed by atoms with Crippen LogP contribution in [0, 0.1) is 5.92 Å². The van der Waals surface area contributed by atoms with Crippen molar-refractivity contribution in [3.05, 3.63) is 65.2 Å². The van der Waals surface area contributed by atoms with Gasteiger partial charge in [-0.25, -0.2) is 0 Å². The first kappa shape index (κ1) is 25.6. The normalized spacial score (nSPS) is 12.2. The van der Waals surface area contributed by atoms with Crippen LogP contribution >= 0.6 is 15.9 Å². The van der Waals surface area contributed by atoms with Crippen molar-refractivity contribution in [2.45, 2.75) is 89.8 Å². The van der Waals surface area contributed by atoms with Crippen molar-refractivity contribution in [2.75, 3.05) is 5.32 Å². The number of benzene rings is 2. The maximum absolute atomic E-state index is 12.7. The molecule has 0 saturated heterocycles. The van der Waals surface area contributed by atoms with E-state index in [2.05, 4.69) is 78.4 Å². The van der Waals surface area contributed by atoms with E-state index in [1.165, 1.54) is 48.8 Å². The van der Waals surface area contributed by atoms with Crippen LogP contribution in [0.1, 0.15) is 82.4 Å². The van der Waals surface area contributed by atoms with Crippen LogP contribution in [-0.2, 0) is 24.1 Å². The Kier molecular flexibility index (Phi) is 12.0. The minimum atomic E-state index is -0.125. The molecule has 1 unspecified atom stereocenters. The summed E-state index contributed by atoms with van der Waals surface area (Å²) in [5, 5.41) is 3.15. The molecule has 2 rings (SSSR count). The summed E-state index contributed by atoms with van der Waals surface area (Å²) in [4.78, 5) is 12.5. The van der Waals surface area contributed by atoms with Crippen LogP contribution in [0.25, 0.3) is 0 Å². The molecule has 0 aromatic heterocycles. The molecule has 0 radical (unpaired) electrons. The molecule has 0 bridgehead atoms. The summed E-state index contributed by atoms with van der Waals surface area (Å²) in [5.74, 6) is 0.750. The van der Waals surface area contributed by atoms with Gasteiger partial charge in [-0.05, 0) is 54.4 Å². The van der Waals surface area contributed by atoms with Gasteiger partial charge in [0.15, 0.2) is 0 Å². The van der Waals surface area contributed by atoms with Crippen LogP contribution in [-0.4, -0.2) is 10.7 Å². The lowest BCUT2D eigenvalue weighted by Crippen LogP contribution is -2.23. The predicted octanol–water partition coefficient (Wildman–Crippen LogP) is 8.12. The van der Waals surface area contributed by atoms with Crippen molar-refractivity contribution in [1.82, 2.24) is 0 Å². The minimum absolute atomic E-state index is 0.0686. The Balaban J connectivity index is 1.83. The molecule has 0 aliphatic rings. The Hall–Kier alpha value is -1.61. The maximum atomic E-state index is 12.7. The van der Waals surface area contributed by atoms with Gasteiger partial charge in [0.05, 0.1) is 4.83 Å². The second-order valence-electron chi connectivity index (χ2n) is 9.08. The highest BCUT2D eigenvalue weighted by molar-refractivity contribution is 9.10. The number of nitrogens with one attached hydrogen (secondary N) is 1. The number of amides is 1. The van der Waals surface area contributed by atoms with Gasteiger partial charge in [-0.1, -0.05) is 118 Å². The number of unbranched alkanes of at least 4 members (excludes halogenated alkanes) is 5. The lowest BCUT2D eigenvalue weighted by Gasteiger charge is -2.14. The van der Waals surface area contributed by atoms with Crippen LogP contribution in [0.4, 0.5) is 5.69 Å². The van der Waals surface area contributed by atoms with Crippen molar-refractivity contribution in [3.8, 4) is 0 Å². The van der Waals surface area contributed by atoms with E-state index in [0.717, 1.165) is 37.8 Å². The zero-order valence-corrected chi connectivity index (χ0v) is 21.2. The Bertz CT molecular complexity index is 769. The van der Waals surface area contributed by atoms with Gasteiger partial charge in [-0.3, -0.25) is 4.79 Å². The van der Waals surface area contributed by atoms with Crippen molar-refractivity contribution in [2.24, 2.45) is 5.92 Å². The number of carbonyl (C=O) groups is 1. The Morgan fingerprint density at radius 1 is 0.871 bits per heavy atom. The highest BCUT2D eigenvalue weighted by Gasteiger charge is 2.16. The Labute approximate surface area is 198 Å². The van der Waals surface area contributed by atoms with Crippen molar-refractivity contribution >= 4 is 27.5 Å². The lowest BCUT2D eigenvalue weighted by molar-refractivity contribution is -0.115. The third kappa shape index (κ3) is 10.0. The van der Waals surface area contributed by atoms with Crippen LogP contribution in [0.5, 0.6) is 0 Å². The number of hydrogen-bond donors (Lipinski definition) is 1. The fraction of sp³-hybridized carbons (Fsp3) is 0.536. The van der Waals surface area contributed by atoms with Gasteiger partial charge in [-0.15, -0.1) is 0 Å². The van der Waals surface area contributed by atoms with E-state index >= 15 is 0 Å². The number of hydrogen-bond acceptors (Lipinski definition) is 1. The average Bonchev–Trinajstić information content (AvgIpc) is 2.76. The van der Waals surface area contributed by atoms with Crippen LogP contribution < -0.4 is 5.32 Å². The standard InChI is InChI=1S/C28H40BrNO/c1-4-5-6-7-8-9-13-26(29)28(31)30-27-14-11-10-12-25(27)20-19-23-15-17-24(18-16-23)21-22(2)3/h10-12,14-18,22,26H,4-9,13,19-21H2,1-3H3,(H,30,31). The first-order valence-electron chi connectivity index (χ1n) is 12.1. The van der Waals surface area contributed by atoms with Crippen molar-refractivity contribution in [3.63, 3.8) is 0 Å². The van der Waals surface area contributed by atoms with E-state index in [1.807, 2.05) is 12.1 Å². The minimum Gasteiger partial charge on any atom is -0.325 e. The molecule has 31 heavy (non-hydrogen) atoms. The molecule has 0 spiro atoms. The number of rotatable bonds is 14. The van der Waals surface area contributed by atoms with E-state index in [-0.39, 0.29) is 10.7 Å². The third-order valence-electron chi connectivity index (χ3n) is 5.72. The zero-order valence-electron chi connectivity index (χ0n) is 19.6. The molecule has 1 N–H and O–H groups in total. The highest BCUT2D eigenvalue weighted by Crippen LogP contribution is 2.21. The van der Waals surface area contributed by atoms with Crippen molar-refractivity contribution < 1.29 is 4.79 Å². The van der Waals surface area contributed by atoms with E-state index in [9.17, 15) is 4.79 Å². The number of carbonyl (C=O) groups excluding carboxylic acids is 1. The topological polar surface area (TPSA) is 29.1 Å². The number of para-hydroxylation sites is 1. The fourth-order valence-electron chi connectivity index (χ4n) is 3.90. The second kappa shape index (κ2) is 14.5. The molecule has 0 aliphatic carbocycles. The Morgan fingerprint density at radius 3 is 2.23 bits per heavy atom. The van der Waals surface area contributed by atoms with Gasteiger partial charge in [0.2, 0.25) is 5.91 Å². The summed E-state index contributed by atoms with van der Waals surface area (Å²) >= 11 is 3.60. The molecule has 0 heterocycles. The number of alkyl halides is 1. The lowest BCUT2D eigenvalue weighted by atomic mass is 9.99. The molecule has 0 aliphatic heterocycles. The quantitative estimate of drug-likeness (QED) is 0.212. The van der Waals surface area contributed by atoms with Gasteiger partial charge < -0.3 is 5.32 Å². The zero-order chi connectivity index (χ0) is 22.5. The summed E-state index contributed by atoms with van der Waals surface area (Å²) in [5.41, 5.74) is 4.88. The molecule has 0 saturated carbocycles. The number of anilines is 1. The second-order valence-corrected chi connectivity index (χ2v) is 10.2. The van der Waals surface area contributed by atoms with E-state index in [0.29, 0.717) is 5.92 Å². The van der Waals surface area contributed by atoms with Gasteiger partial charge in [0.25, 0.3) is 0 Å². The first-order chi connectivity index (χ1) is 15.0. The summed E-state index contributed by atoms with van der Waals surface area (Å²) in [7, 11) is 0. The summed E-state index contributed by atoms with van der Waals surface area (Å²) in [6, 6.07) is 17.2. The molecule has 2 aromatic rings. The third-order valence-corrected chi connectivity index (χ3v) is 6.59. The number of aryl methyl sites for hydroxylation is 2. The average molecular weight is 487 g/mol. The molecule has 2 aromatic carbocycles. The molecule has 2 nitrogen and oxygen atoms in total.